The van der Waals surface area contributed by atoms with Gasteiger partial charge in [0.2, 0.25) is 0 Å². The minimum Gasteiger partial charge on any atom is -0.384 e. The summed E-state index contributed by atoms with van der Waals surface area (Å²) in [5.41, 5.74) is 5.59. The van der Waals surface area contributed by atoms with Gasteiger partial charge in [0.1, 0.15) is 11.6 Å². The van der Waals surface area contributed by atoms with Crippen molar-refractivity contribution in [2.75, 3.05) is 5.73 Å². The van der Waals surface area contributed by atoms with Gasteiger partial charge in [-0.2, -0.15) is 5.10 Å². The topological polar surface area (TPSA) is 112 Å². The van der Waals surface area contributed by atoms with Crippen LogP contribution in [0, 0.1) is 5.82 Å². The Labute approximate surface area is 139 Å². The minimum atomic E-state index is -0.705. The van der Waals surface area contributed by atoms with Crippen LogP contribution in [0.3, 0.4) is 0 Å². The average molecular weight is 339 g/mol. The molecule has 1 aliphatic heterocycles. The molecule has 2 amide bonds. The van der Waals surface area contributed by atoms with Crippen LogP contribution >= 0.6 is 0 Å². The fourth-order valence-electron chi connectivity index (χ4n) is 2.81. The van der Waals surface area contributed by atoms with Crippen LogP contribution in [-0.4, -0.2) is 26.2 Å². The van der Waals surface area contributed by atoms with E-state index in [0.717, 1.165) is 16.7 Å². The smallest absolute Gasteiger partial charge is 0.262 e. The summed E-state index contributed by atoms with van der Waals surface area (Å²) in [5.74, 6) is -2.24. The lowest BCUT2D eigenvalue weighted by atomic mass is 10.1. The molecule has 0 aliphatic carbocycles. The van der Waals surface area contributed by atoms with E-state index in [2.05, 4.69) is 10.4 Å². The molecule has 3 N–H and O–H groups in total. The first-order valence-corrected chi connectivity index (χ1v) is 7.18. The zero-order chi connectivity index (χ0) is 17.7. The number of nitrogen functional groups attached to an aromatic ring is 1. The summed E-state index contributed by atoms with van der Waals surface area (Å²) in [4.78, 5) is 36.2. The number of carbonyl (C=O) groups excluding carboxylic acids is 2. The van der Waals surface area contributed by atoms with Crippen molar-refractivity contribution in [1.82, 2.24) is 19.7 Å². The van der Waals surface area contributed by atoms with Gasteiger partial charge in [0.05, 0.1) is 22.5 Å². The number of aromatic nitrogens is 3. The van der Waals surface area contributed by atoms with Crippen LogP contribution in [-0.2, 0) is 0 Å². The minimum absolute atomic E-state index is 0.0965. The Kier molecular flexibility index (Phi) is 3.04. The Bertz CT molecular complexity index is 1100. The largest absolute Gasteiger partial charge is 0.384 e. The van der Waals surface area contributed by atoms with Crippen molar-refractivity contribution in [3.05, 3.63) is 70.0 Å². The number of imide groups is 1. The molecule has 1 aliphatic rings. The zero-order valence-corrected chi connectivity index (χ0v) is 12.6. The fraction of sp³-hybridized carbons (Fsp3) is 0. The van der Waals surface area contributed by atoms with Gasteiger partial charge in [-0.15, -0.1) is 0 Å². The molecule has 0 bridgehead atoms. The number of halogens is 1. The Morgan fingerprint density at radius 3 is 2.60 bits per heavy atom. The van der Waals surface area contributed by atoms with Crippen molar-refractivity contribution in [1.29, 1.82) is 0 Å². The highest BCUT2D eigenvalue weighted by molar-refractivity contribution is 6.23. The van der Waals surface area contributed by atoms with E-state index in [4.69, 9.17) is 5.73 Å². The van der Waals surface area contributed by atoms with Crippen molar-refractivity contribution in [2.24, 2.45) is 0 Å². The highest BCUT2D eigenvalue weighted by atomic mass is 19.1. The summed E-state index contributed by atoms with van der Waals surface area (Å²) >= 11 is 0. The Hall–Kier alpha value is -3.75. The normalized spacial score (nSPS) is 13.0. The summed E-state index contributed by atoms with van der Waals surface area (Å²) in [6.45, 7) is 0. The third kappa shape index (κ3) is 2.13. The van der Waals surface area contributed by atoms with Gasteiger partial charge in [-0.05, 0) is 18.2 Å². The fourth-order valence-corrected chi connectivity index (χ4v) is 2.81. The van der Waals surface area contributed by atoms with Crippen LogP contribution < -0.4 is 16.6 Å². The molecule has 1 aromatic carbocycles. The number of nitrogens with two attached hydrogens (primary N) is 1. The molecule has 0 saturated heterocycles. The molecule has 8 nitrogen and oxygen atoms in total. The maximum absolute atomic E-state index is 13.8. The number of nitrogens with zero attached hydrogens (tertiary/aromatic N) is 3. The molecule has 2 aromatic heterocycles. The molecule has 3 aromatic rings. The first-order valence-electron chi connectivity index (χ1n) is 7.18. The lowest BCUT2D eigenvalue weighted by Gasteiger charge is -2.15. The van der Waals surface area contributed by atoms with Gasteiger partial charge in [-0.1, -0.05) is 0 Å². The van der Waals surface area contributed by atoms with Crippen LogP contribution in [0.1, 0.15) is 20.7 Å². The van der Waals surface area contributed by atoms with E-state index in [1.165, 1.54) is 23.0 Å². The first-order chi connectivity index (χ1) is 12.0. The number of pyridine rings is 1. The van der Waals surface area contributed by atoms with Gasteiger partial charge in [0.25, 0.3) is 17.4 Å². The van der Waals surface area contributed by atoms with Crippen molar-refractivity contribution >= 4 is 17.6 Å². The standard InChI is InChI=1S/C16H10FN5O3/c17-8-2-3-10(21-5-1-4-19-21)11(6-8)22-12(23)7-9-13(14(22)18)16(25)20-15(9)24/h1-7H,18H2,(H,20,24,25). The number of anilines is 1. The van der Waals surface area contributed by atoms with E-state index in [9.17, 15) is 18.8 Å². The van der Waals surface area contributed by atoms with E-state index < -0.39 is 23.2 Å². The van der Waals surface area contributed by atoms with Crippen LogP contribution in [0.4, 0.5) is 10.2 Å². The Morgan fingerprint density at radius 1 is 1.08 bits per heavy atom. The van der Waals surface area contributed by atoms with E-state index in [-0.39, 0.29) is 22.6 Å². The van der Waals surface area contributed by atoms with Crippen molar-refractivity contribution in [2.45, 2.75) is 0 Å². The van der Waals surface area contributed by atoms with Gasteiger partial charge in [0.15, 0.2) is 0 Å². The van der Waals surface area contributed by atoms with Gasteiger partial charge >= 0.3 is 0 Å². The predicted octanol–water partition coefficient (Wildman–Crippen LogP) is 0.628. The maximum atomic E-state index is 13.8. The predicted molar refractivity (Wildman–Crippen MR) is 85.3 cm³/mol. The van der Waals surface area contributed by atoms with Crippen molar-refractivity contribution in [3.63, 3.8) is 0 Å². The molecule has 0 radical (unpaired) electrons. The third-order valence-electron chi connectivity index (χ3n) is 3.88. The number of rotatable bonds is 2. The van der Waals surface area contributed by atoms with Crippen LogP contribution in [0.25, 0.3) is 11.4 Å². The highest BCUT2D eigenvalue weighted by Crippen LogP contribution is 2.26. The second kappa shape index (κ2) is 5.13. The number of carbonyl (C=O) groups is 2. The summed E-state index contributed by atoms with van der Waals surface area (Å²) in [5, 5.41) is 6.15. The Balaban J connectivity index is 2.06. The number of hydrogen-bond donors (Lipinski definition) is 2. The Morgan fingerprint density at radius 2 is 1.88 bits per heavy atom. The molecule has 0 atom stereocenters. The second-order valence-electron chi connectivity index (χ2n) is 5.36. The van der Waals surface area contributed by atoms with Crippen molar-refractivity contribution in [3.8, 4) is 11.4 Å². The molecule has 3 heterocycles. The van der Waals surface area contributed by atoms with Crippen LogP contribution in [0.2, 0.25) is 0 Å². The number of benzene rings is 1. The van der Waals surface area contributed by atoms with E-state index in [0.29, 0.717) is 5.69 Å². The molecular formula is C16H10FN5O3. The lowest BCUT2D eigenvalue weighted by molar-refractivity contribution is 0.0880. The SMILES string of the molecule is Nc1c2c(cc(=O)n1-c1cc(F)ccc1-n1cccn1)C(=O)NC2=O. The van der Waals surface area contributed by atoms with Gasteiger partial charge in [0, 0.05) is 24.5 Å². The molecule has 9 heteroatoms. The monoisotopic (exact) mass is 339 g/mol. The van der Waals surface area contributed by atoms with Crippen LogP contribution in [0.5, 0.6) is 0 Å². The van der Waals surface area contributed by atoms with Crippen molar-refractivity contribution < 1.29 is 14.0 Å². The summed E-state index contributed by atoms with van der Waals surface area (Å²) < 4.78 is 16.2. The number of fused-ring (bicyclic) bond motifs is 1. The molecule has 0 unspecified atom stereocenters. The quantitative estimate of drug-likeness (QED) is 0.665. The zero-order valence-electron chi connectivity index (χ0n) is 12.6. The average Bonchev–Trinajstić information content (AvgIpc) is 3.16. The maximum Gasteiger partial charge on any atom is 0.262 e. The molecule has 4 rings (SSSR count). The van der Waals surface area contributed by atoms with E-state index in [1.54, 1.807) is 12.3 Å². The number of hydrogen-bond acceptors (Lipinski definition) is 5. The summed E-state index contributed by atoms with van der Waals surface area (Å²) in [6.07, 6.45) is 3.13. The van der Waals surface area contributed by atoms with Crippen LogP contribution in [0.15, 0.2) is 47.5 Å². The molecule has 124 valence electrons. The highest BCUT2D eigenvalue weighted by Gasteiger charge is 2.32. The van der Waals surface area contributed by atoms with E-state index >= 15 is 0 Å². The number of amides is 2. The first kappa shape index (κ1) is 14.8. The third-order valence-corrected chi connectivity index (χ3v) is 3.88. The van der Waals surface area contributed by atoms with E-state index in [1.807, 2.05) is 0 Å². The summed E-state index contributed by atoms with van der Waals surface area (Å²) in [7, 11) is 0. The van der Waals surface area contributed by atoms with Gasteiger partial charge in [-0.25, -0.2) is 9.07 Å². The second-order valence-corrected chi connectivity index (χ2v) is 5.36. The summed E-state index contributed by atoms with van der Waals surface area (Å²) in [6, 6.07) is 6.42. The molecule has 0 saturated carbocycles. The molecular weight excluding hydrogens is 329 g/mol. The number of nitrogens with one attached hydrogen (secondary N) is 1. The van der Waals surface area contributed by atoms with Gasteiger partial charge < -0.3 is 5.73 Å². The molecule has 25 heavy (non-hydrogen) atoms. The van der Waals surface area contributed by atoms with Gasteiger partial charge in [-0.3, -0.25) is 24.3 Å². The lowest BCUT2D eigenvalue weighted by Crippen LogP contribution is -2.25. The molecule has 0 spiro atoms. The molecule has 0 fully saturated rings.